The summed E-state index contributed by atoms with van der Waals surface area (Å²) in [5.41, 5.74) is 6.50. The fraction of sp³-hybridized carbons (Fsp3) is 0.267. The molecule has 2 aromatic rings. The molecule has 0 aliphatic rings. The summed E-state index contributed by atoms with van der Waals surface area (Å²) in [7, 11) is 0. The third-order valence-corrected chi connectivity index (χ3v) is 3.30. The predicted octanol–water partition coefficient (Wildman–Crippen LogP) is 2.64. The number of halogens is 1. The van der Waals surface area contributed by atoms with E-state index in [0.29, 0.717) is 0 Å². The van der Waals surface area contributed by atoms with Gasteiger partial charge in [-0.25, -0.2) is 9.82 Å². The Hall–Kier alpha value is -1.78. The molecule has 0 radical (unpaired) electrons. The van der Waals surface area contributed by atoms with Crippen LogP contribution in [0.15, 0.2) is 36.5 Å². The van der Waals surface area contributed by atoms with Gasteiger partial charge in [0.05, 0.1) is 11.7 Å². The molecule has 19 heavy (non-hydrogen) atoms. The first kappa shape index (κ1) is 13.6. The molecular weight excluding hydrogens is 241 g/mol. The van der Waals surface area contributed by atoms with E-state index in [2.05, 4.69) is 17.3 Å². The van der Waals surface area contributed by atoms with Crippen molar-refractivity contribution >= 4 is 0 Å². The van der Waals surface area contributed by atoms with E-state index in [-0.39, 0.29) is 11.9 Å². The Balaban J connectivity index is 2.53. The molecule has 0 saturated carbocycles. The average molecular weight is 259 g/mol. The molecule has 2 rings (SSSR count). The van der Waals surface area contributed by atoms with Crippen LogP contribution >= 0.6 is 0 Å². The van der Waals surface area contributed by atoms with E-state index < -0.39 is 0 Å². The number of pyridine rings is 1. The van der Waals surface area contributed by atoms with E-state index >= 15 is 0 Å². The van der Waals surface area contributed by atoms with Crippen LogP contribution in [0, 0.1) is 12.7 Å². The minimum atomic E-state index is -0.299. The molecule has 0 fully saturated rings. The number of hydrazine groups is 1. The summed E-state index contributed by atoms with van der Waals surface area (Å²) >= 11 is 0. The zero-order valence-corrected chi connectivity index (χ0v) is 11.2. The highest BCUT2D eigenvalue weighted by molar-refractivity contribution is 5.37. The summed E-state index contributed by atoms with van der Waals surface area (Å²) in [6, 6.07) is 8.32. The van der Waals surface area contributed by atoms with Gasteiger partial charge in [0.15, 0.2) is 0 Å². The monoisotopic (exact) mass is 259 g/mol. The van der Waals surface area contributed by atoms with E-state index in [9.17, 15) is 4.39 Å². The Morgan fingerprint density at radius 1 is 1.37 bits per heavy atom. The van der Waals surface area contributed by atoms with E-state index in [0.717, 1.165) is 28.8 Å². The van der Waals surface area contributed by atoms with Crippen LogP contribution in [0.1, 0.15) is 35.3 Å². The summed E-state index contributed by atoms with van der Waals surface area (Å²) in [5.74, 6) is 5.40. The molecule has 0 bridgehead atoms. The fourth-order valence-corrected chi connectivity index (χ4v) is 2.25. The summed E-state index contributed by atoms with van der Waals surface area (Å²) in [5, 5.41) is 0. The number of aromatic nitrogens is 1. The third kappa shape index (κ3) is 2.80. The van der Waals surface area contributed by atoms with Crippen molar-refractivity contribution in [3.63, 3.8) is 0 Å². The molecule has 3 nitrogen and oxygen atoms in total. The van der Waals surface area contributed by atoms with Gasteiger partial charge in [-0.15, -0.1) is 0 Å². The second kappa shape index (κ2) is 5.91. The van der Waals surface area contributed by atoms with Gasteiger partial charge < -0.3 is 0 Å². The van der Waals surface area contributed by atoms with Gasteiger partial charge in [0.25, 0.3) is 0 Å². The van der Waals surface area contributed by atoms with E-state index in [1.807, 2.05) is 19.1 Å². The maximum atomic E-state index is 13.5. The van der Waals surface area contributed by atoms with Crippen LogP contribution < -0.4 is 11.3 Å². The molecule has 0 amide bonds. The second-order valence-corrected chi connectivity index (χ2v) is 4.50. The SMILES string of the molecule is CCc1cccnc1C(NN)c1cc(F)ccc1C. The molecule has 1 atom stereocenters. The van der Waals surface area contributed by atoms with Crippen molar-refractivity contribution in [2.45, 2.75) is 26.3 Å². The number of rotatable bonds is 4. The average Bonchev–Trinajstić information content (AvgIpc) is 2.44. The van der Waals surface area contributed by atoms with Gasteiger partial charge in [0.1, 0.15) is 5.82 Å². The third-order valence-electron chi connectivity index (χ3n) is 3.30. The molecule has 0 saturated heterocycles. The zero-order valence-electron chi connectivity index (χ0n) is 11.2. The van der Waals surface area contributed by atoms with Crippen molar-refractivity contribution < 1.29 is 4.39 Å². The van der Waals surface area contributed by atoms with E-state index in [4.69, 9.17) is 5.84 Å². The Kier molecular flexibility index (Phi) is 4.24. The first-order valence-corrected chi connectivity index (χ1v) is 6.33. The zero-order chi connectivity index (χ0) is 13.8. The fourth-order valence-electron chi connectivity index (χ4n) is 2.25. The Morgan fingerprint density at radius 2 is 2.16 bits per heavy atom. The normalized spacial score (nSPS) is 12.4. The van der Waals surface area contributed by atoms with Gasteiger partial charge in [-0.05, 0) is 48.2 Å². The van der Waals surface area contributed by atoms with Crippen molar-refractivity contribution in [1.29, 1.82) is 0 Å². The quantitative estimate of drug-likeness (QED) is 0.655. The summed E-state index contributed by atoms with van der Waals surface area (Å²) in [4.78, 5) is 4.40. The maximum Gasteiger partial charge on any atom is 0.123 e. The molecule has 1 unspecified atom stereocenters. The van der Waals surface area contributed by atoms with Crippen LogP contribution in [0.4, 0.5) is 4.39 Å². The highest BCUT2D eigenvalue weighted by atomic mass is 19.1. The Labute approximate surface area is 112 Å². The molecule has 1 aromatic heterocycles. The van der Waals surface area contributed by atoms with Crippen molar-refractivity contribution in [1.82, 2.24) is 10.4 Å². The molecule has 100 valence electrons. The second-order valence-electron chi connectivity index (χ2n) is 4.50. The Bertz CT molecular complexity index is 569. The number of hydrogen-bond donors (Lipinski definition) is 2. The number of benzene rings is 1. The van der Waals surface area contributed by atoms with Crippen LogP contribution in [0.2, 0.25) is 0 Å². The molecule has 0 aliphatic carbocycles. The van der Waals surface area contributed by atoms with Crippen molar-refractivity contribution in [3.8, 4) is 0 Å². The van der Waals surface area contributed by atoms with Gasteiger partial charge >= 0.3 is 0 Å². The van der Waals surface area contributed by atoms with Crippen LogP contribution in [0.5, 0.6) is 0 Å². The summed E-state index contributed by atoms with van der Waals surface area (Å²) in [6.07, 6.45) is 2.59. The highest BCUT2D eigenvalue weighted by Gasteiger charge is 2.19. The minimum absolute atomic E-state index is 0.269. The van der Waals surface area contributed by atoms with Gasteiger partial charge in [0.2, 0.25) is 0 Å². The van der Waals surface area contributed by atoms with E-state index in [1.165, 1.54) is 12.1 Å². The van der Waals surface area contributed by atoms with E-state index in [1.54, 1.807) is 12.3 Å². The Morgan fingerprint density at radius 3 is 2.84 bits per heavy atom. The van der Waals surface area contributed by atoms with Gasteiger partial charge in [-0.3, -0.25) is 10.8 Å². The first-order valence-electron chi connectivity index (χ1n) is 6.33. The van der Waals surface area contributed by atoms with Crippen LogP contribution in [-0.4, -0.2) is 4.98 Å². The predicted molar refractivity (Wildman–Crippen MR) is 73.9 cm³/mol. The summed E-state index contributed by atoms with van der Waals surface area (Å²) in [6.45, 7) is 4.00. The molecule has 4 heteroatoms. The summed E-state index contributed by atoms with van der Waals surface area (Å²) < 4.78 is 13.5. The molecule has 3 N–H and O–H groups in total. The lowest BCUT2D eigenvalue weighted by atomic mass is 9.95. The smallest absolute Gasteiger partial charge is 0.123 e. The number of nitrogens with two attached hydrogens (primary N) is 1. The van der Waals surface area contributed by atoms with Crippen LogP contribution in [-0.2, 0) is 6.42 Å². The highest BCUT2D eigenvalue weighted by Crippen LogP contribution is 2.26. The lowest BCUT2D eigenvalue weighted by molar-refractivity contribution is 0.591. The molecule has 0 aliphatic heterocycles. The molecular formula is C15H18FN3. The number of nitrogens with one attached hydrogen (secondary N) is 1. The minimum Gasteiger partial charge on any atom is -0.271 e. The topological polar surface area (TPSA) is 50.9 Å². The van der Waals surface area contributed by atoms with Gasteiger partial charge in [0, 0.05) is 6.20 Å². The van der Waals surface area contributed by atoms with Crippen molar-refractivity contribution in [2.75, 3.05) is 0 Å². The molecule has 0 spiro atoms. The first-order chi connectivity index (χ1) is 9.17. The number of aryl methyl sites for hydroxylation is 2. The lowest BCUT2D eigenvalue weighted by Gasteiger charge is -2.20. The maximum absolute atomic E-state index is 13.5. The van der Waals surface area contributed by atoms with Crippen molar-refractivity contribution in [3.05, 3.63) is 64.7 Å². The standard InChI is InChI=1S/C15H18FN3/c1-3-11-5-4-8-18-14(11)15(19-17)13-9-12(16)7-6-10(13)2/h4-9,15,19H,3,17H2,1-2H3. The number of hydrogen-bond acceptors (Lipinski definition) is 3. The molecule has 1 aromatic carbocycles. The van der Waals surface area contributed by atoms with Crippen molar-refractivity contribution in [2.24, 2.45) is 5.84 Å². The van der Waals surface area contributed by atoms with Crippen LogP contribution in [0.25, 0.3) is 0 Å². The largest absolute Gasteiger partial charge is 0.271 e. The van der Waals surface area contributed by atoms with Gasteiger partial charge in [-0.2, -0.15) is 0 Å². The molecule has 1 heterocycles. The number of nitrogens with zero attached hydrogens (tertiary/aromatic N) is 1. The van der Waals surface area contributed by atoms with Crippen LogP contribution in [0.3, 0.4) is 0 Å². The van der Waals surface area contributed by atoms with Gasteiger partial charge in [-0.1, -0.05) is 19.1 Å². The lowest BCUT2D eigenvalue weighted by Crippen LogP contribution is -2.31.